The van der Waals surface area contributed by atoms with E-state index in [0.29, 0.717) is 13.2 Å². The molecule has 6 heteroatoms. The standard InChI is InChI=1S/C18H24N2O4/c1-2-23-18(22)15-7-5-10-20(15)12-17(21)19-14-9-11-24-16-8-4-3-6-13(14)16/h3-4,6,8,14-15H,2,5,7,9-12H2,1H3,(H,19,21)/t14?,15-/m1/s1. The lowest BCUT2D eigenvalue weighted by Gasteiger charge is -2.28. The van der Waals surface area contributed by atoms with Crippen molar-refractivity contribution < 1.29 is 19.1 Å². The molecule has 6 nitrogen and oxygen atoms in total. The minimum atomic E-state index is -0.294. The number of ether oxygens (including phenoxy) is 2. The van der Waals surface area contributed by atoms with Crippen LogP contribution in [0.25, 0.3) is 0 Å². The molecule has 0 spiro atoms. The van der Waals surface area contributed by atoms with Crippen molar-refractivity contribution >= 4 is 11.9 Å². The van der Waals surface area contributed by atoms with Crippen LogP contribution in [0.1, 0.15) is 37.8 Å². The highest BCUT2D eigenvalue weighted by atomic mass is 16.5. The Balaban J connectivity index is 1.59. The quantitative estimate of drug-likeness (QED) is 0.831. The molecule has 0 saturated carbocycles. The van der Waals surface area contributed by atoms with Gasteiger partial charge in [0, 0.05) is 12.0 Å². The first-order valence-electron chi connectivity index (χ1n) is 8.61. The highest BCUT2D eigenvalue weighted by Gasteiger charge is 2.33. The first-order chi connectivity index (χ1) is 11.7. The van der Waals surface area contributed by atoms with Crippen molar-refractivity contribution in [2.45, 2.75) is 38.3 Å². The van der Waals surface area contributed by atoms with Gasteiger partial charge in [0.25, 0.3) is 0 Å². The Morgan fingerprint density at radius 1 is 1.33 bits per heavy atom. The fourth-order valence-electron chi connectivity index (χ4n) is 3.44. The molecule has 0 aromatic heterocycles. The van der Waals surface area contributed by atoms with Gasteiger partial charge in [0.2, 0.25) is 5.91 Å². The van der Waals surface area contributed by atoms with Gasteiger partial charge in [-0.1, -0.05) is 18.2 Å². The second-order valence-electron chi connectivity index (χ2n) is 6.18. The monoisotopic (exact) mass is 332 g/mol. The van der Waals surface area contributed by atoms with Crippen LogP contribution < -0.4 is 10.1 Å². The molecule has 0 radical (unpaired) electrons. The maximum absolute atomic E-state index is 12.5. The molecule has 2 aliphatic rings. The van der Waals surface area contributed by atoms with Crippen molar-refractivity contribution in [3.05, 3.63) is 29.8 Å². The first kappa shape index (κ1) is 16.8. The average Bonchev–Trinajstić information content (AvgIpc) is 3.03. The minimum absolute atomic E-state index is 0.0360. The van der Waals surface area contributed by atoms with E-state index in [4.69, 9.17) is 9.47 Å². The molecule has 3 rings (SSSR count). The molecular weight excluding hydrogens is 308 g/mol. The summed E-state index contributed by atoms with van der Waals surface area (Å²) in [7, 11) is 0. The van der Waals surface area contributed by atoms with E-state index in [9.17, 15) is 9.59 Å². The van der Waals surface area contributed by atoms with Gasteiger partial charge in [-0.3, -0.25) is 14.5 Å². The highest BCUT2D eigenvalue weighted by Crippen LogP contribution is 2.31. The van der Waals surface area contributed by atoms with Gasteiger partial charge in [-0.05, 0) is 32.4 Å². The third-order valence-corrected chi connectivity index (χ3v) is 4.56. The fourth-order valence-corrected chi connectivity index (χ4v) is 3.44. The molecule has 1 fully saturated rings. The molecule has 2 heterocycles. The lowest BCUT2D eigenvalue weighted by Crippen LogP contribution is -2.44. The van der Waals surface area contributed by atoms with Crippen molar-refractivity contribution in [2.75, 3.05) is 26.3 Å². The third-order valence-electron chi connectivity index (χ3n) is 4.56. The number of hydrogen-bond acceptors (Lipinski definition) is 5. The van der Waals surface area contributed by atoms with Crippen molar-refractivity contribution in [1.29, 1.82) is 0 Å². The smallest absolute Gasteiger partial charge is 0.323 e. The lowest BCUT2D eigenvalue weighted by molar-refractivity contribution is -0.148. The summed E-state index contributed by atoms with van der Waals surface area (Å²) in [6.45, 7) is 3.74. The summed E-state index contributed by atoms with van der Waals surface area (Å²) in [5.41, 5.74) is 1.01. The van der Waals surface area contributed by atoms with Gasteiger partial charge in [0.1, 0.15) is 11.8 Å². The third kappa shape index (κ3) is 3.70. The van der Waals surface area contributed by atoms with Crippen molar-refractivity contribution in [1.82, 2.24) is 10.2 Å². The Morgan fingerprint density at radius 3 is 3.00 bits per heavy atom. The molecule has 2 atom stereocenters. The van der Waals surface area contributed by atoms with Crippen LogP contribution in [0.2, 0.25) is 0 Å². The number of amides is 1. The van der Waals surface area contributed by atoms with Gasteiger partial charge in [-0.15, -0.1) is 0 Å². The van der Waals surface area contributed by atoms with E-state index >= 15 is 0 Å². The van der Waals surface area contributed by atoms with E-state index < -0.39 is 0 Å². The summed E-state index contributed by atoms with van der Waals surface area (Å²) in [5.74, 6) is 0.548. The van der Waals surface area contributed by atoms with Crippen LogP contribution in [0.4, 0.5) is 0 Å². The molecule has 24 heavy (non-hydrogen) atoms. The summed E-state index contributed by atoms with van der Waals surface area (Å²) in [5, 5.41) is 3.08. The normalized spacial score (nSPS) is 23.2. The molecule has 130 valence electrons. The second-order valence-corrected chi connectivity index (χ2v) is 6.18. The molecule has 0 aliphatic carbocycles. The first-order valence-corrected chi connectivity index (χ1v) is 8.61. The van der Waals surface area contributed by atoms with Crippen LogP contribution in [0.3, 0.4) is 0 Å². The lowest BCUT2D eigenvalue weighted by atomic mass is 10.0. The van der Waals surface area contributed by atoms with Crippen LogP contribution in [0.5, 0.6) is 5.75 Å². The number of fused-ring (bicyclic) bond motifs is 1. The molecule has 0 bridgehead atoms. The molecule has 1 unspecified atom stereocenters. The van der Waals surface area contributed by atoms with Crippen LogP contribution in [0.15, 0.2) is 24.3 Å². The number of likely N-dealkylation sites (tertiary alicyclic amines) is 1. The van der Waals surface area contributed by atoms with Crippen LogP contribution in [0, 0.1) is 0 Å². The highest BCUT2D eigenvalue weighted by molar-refractivity contribution is 5.81. The predicted octanol–water partition coefficient (Wildman–Crippen LogP) is 1.65. The number of carbonyl (C=O) groups is 2. The van der Waals surface area contributed by atoms with Gasteiger partial charge in [-0.2, -0.15) is 0 Å². The molecule has 2 aliphatic heterocycles. The van der Waals surface area contributed by atoms with Crippen LogP contribution in [-0.2, 0) is 14.3 Å². The average molecular weight is 332 g/mol. The van der Waals surface area contributed by atoms with Gasteiger partial charge >= 0.3 is 5.97 Å². The summed E-state index contributed by atoms with van der Waals surface area (Å²) >= 11 is 0. The van der Waals surface area contributed by atoms with E-state index in [1.807, 2.05) is 29.2 Å². The van der Waals surface area contributed by atoms with E-state index in [0.717, 1.165) is 37.1 Å². The summed E-state index contributed by atoms with van der Waals surface area (Å²) in [6, 6.07) is 7.45. The number of nitrogens with one attached hydrogen (secondary N) is 1. The van der Waals surface area contributed by atoms with E-state index in [2.05, 4.69) is 5.32 Å². The van der Waals surface area contributed by atoms with Gasteiger partial charge in [-0.25, -0.2) is 0 Å². The molecule has 1 N–H and O–H groups in total. The zero-order valence-electron chi connectivity index (χ0n) is 14.0. The Hall–Kier alpha value is -2.08. The van der Waals surface area contributed by atoms with Crippen molar-refractivity contribution in [3.8, 4) is 5.75 Å². The molecule has 1 aromatic rings. The number of rotatable bonds is 5. The second kappa shape index (κ2) is 7.66. The summed E-state index contributed by atoms with van der Waals surface area (Å²) in [6.07, 6.45) is 2.42. The zero-order chi connectivity index (χ0) is 16.9. The van der Waals surface area contributed by atoms with Gasteiger partial charge in [0.05, 0.1) is 25.8 Å². The topological polar surface area (TPSA) is 67.9 Å². The Kier molecular flexibility index (Phi) is 5.35. The van der Waals surface area contributed by atoms with Crippen LogP contribution in [-0.4, -0.2) is 49.1 Å². The van der Waals surface area contributed by atoms with Crippen molar-refractivity contribution in [2.24, 2.45) is 0 Å². The molecule has 1 aromatic carbocycles. The maximum Gasteiger partial charge on any atom is 0.323 e. The van der Waals surface area contributed by atoms with Gasteiger partial charge in [0.15, 0.2) is 0 Å². The number of carbonyl (C=O) groups excluding carboxylic acids is 2. The molecule has 1 amide bonds. The Labute approximate surface area is 142 Å². The fraction of sp³-hybridized carbons (Fsp3) is 0.556. The zero-order valence-corrected chi connectivity index (χ0v) is 14.0. The predicted molar refractivity (Wildman–Crippen MR) is 88.7 cm³/mol. The maximum atomic E-state index is 12.5. The number of hydrogen-bond donors (Lipinski definition) is 1. The van der Waals surface area contributed by atoms with E-state index in [-0.39, 0.29) is 30.5 Å². The van der Waals surface area contributed by atoms with Gasteiger partial charge < -0.3 is 14.8 Å². The van der Waals surface area contributed by atoms with E-state index in [1.54, 1.807) is 6.92 Å². The molecule has 1 saturated heterocycles. The minimum Gasteiger partial charge on any atom is -0.493 e. The Morgan fingerprint density at radius 2 is 2.17 bits per heavy atom. The largest absolute Gasteiger partial charge is 0.493 e. The van der Waals surface area contributed by atoms with Crippen molar-refractivity contribution in [3.63, 3.8) is 0 Å². The summed E-state index contributed by atoms with van der Waals surface area (Å²) < 4.78 is 10.7. The molecular formula is C18H24N2O4. The van der Waals surface area contributed by atoms with E-state index in [1.165, 1.54) is 0 Å². The number of para-hydroxylation sites is 1. The Bertz CT molecular complexity index is 604. The number of nitrogens with zero attached hydrogens (tertiary/aromatic N) is 1. The number of benzene rings is 1. The summed E-state index contributed by atoms with van der Waals surface area (Å²) in [4.78, 5) is 26.4. The van der Waals surface area contributed by atoms with Crippen LogP contribution >= 0.6 is 0 Å². The SMILES string of the molecule is CCOC(=O)[C@H]1CCCN1CC(=O)NC1CCOc2ccccc21. The number of esters is 1.